The van der Waals surface area contributed by atoms with E-state index in [0.29, 0.717) is 18.4 Å². The Bertz CT molecular complexity index is 333. The third-order valence-corrected chi connectivity index (χ3v) is 4.01. The Balaban J connectivity index is 1.78. The third kappa shape index (κ3) is 1.70. The van der Waals surface area contributed by atoms with Gasteiger partial charge in [-0.3, -0.25) is 9.59 Å². The SMILES string of the molecule is O=C(O)C[C@H]1CC(=O)N(C2CC2)[C@@H]1C1CC1. The molecule has 4 heteroatoms. The van der Waals surface area contributed by atoms with E-state index in [9.17, 15) is 9.59 Å². The highest BCUT2D eigenvalue weighted by molar-refractivity contribution is 5.81. The maximum Gasteiger partial charge on any atom is 0.303 e. The molecular weight excluding hydrogens is 206 g/mol. The third-order valence-electron chi connectivity index (χ3n) is 4.01. The van der Waals surface area contributed by atoms with Crippen molar-refractivity contribution in [1.82, 2.24) is 4.90 Å². The summed E-state index contributed by atoms with van der Waals surface area (Å²) in [5, 5.41) is 8.89. The molecule has 0 aromatic carbocycles. The Labute approximate surface area is 94.6 Å². The standard InChI is InChI=1S/C12H17NO3/c14-10-5-8(6-11(15)16)12(7-1-2-7)13(10)9-3-4-9/h7-9,12H,1-6H2,(H,15,16)/t8-,12-/m1/s1. The highest BCUT2D eigenvalue weighted by Crippen LogP contribution is 2.48. The van der Waals surface area contributed by atoms with Gasteiger partial charge in [-0.15, -0.1) is 0 Å². The molecule has 3 rings (SSSR count). The molecule has 16 heavy (non-hydrogen) atoms. The molecule has 2 atom stereocenters. The van der Waals surface area contributed by atoms with E-state index in [-0.39, 0.29) is 24.3 Å². The minimum Gasteiger partial charge on any atom is -0.481 e. The summed E-state index contributed by atoms with van der Waals surface area (Å²) in [5.41, 5.74) is 0. The van der Waals surface area contributed by atoms with Gasteiger partial charge >= 0.3 is 5.97 Å². The summed E-state index contributed by atoms with van der Waals surface area (Å²) in [6.45, 7) is 0. The first-order valence-corrected chi connectivity index (χ1v) is 6.20. The summed E-state index contributed by atoms with van der Waals surface area (Å²) in [6, 6.07) is 0.688. The van der Waals surface area contributed by atoms with E-state index in [1.54, 1.807) is 0 Å². The van der Waals surface area contributed by atoms with Crippen LogP contribution in [0.3, 0.4) is 0 Å². The molecule has 2 aliphatic carbocycles. The summed E-state index contributed by atoms with van der Waals surface area (Å²) < 4.78 is 0. The largest absolute Gasteiger partial charge is 0.481 e. The van der Waals surface area contributed by atoms with Crippen LogP contribution in [-0.2, 0) is 9.59 Å². The summed E-state index contributed by atoms with van der Waals surface area (Å²) >= 11 is 0. The second-order valence-electron chi connectivity index (χ2n) is 5.42. The number of hydrogen-bond donors (Lipinski definition) is 1. The summed E-state index contributed by atoms with van der Waals surface area (Å²) in [7, 11) is 0. The van der Waals surface area contributed by atoms with Gasteiger partial charge in [0.15, 0.2) is 0 Å². The zero-order valence-electron chi connectivity index (χ0n) is 9.26. The molecule has 3 fully saturated rings. The van der Waals surface area contributed by atoms with Crippen LogP contribution in [-0.4, -0.2) is 34.0 Å². The number of hydrogen-bond acceptors (Lipinski definition) is 2. The predicted octanol–water partition coefficient (Wildman–Crippen LogP) is 1.25. The number of amides is 1. The average Bonchev–Trinajstić information content (AvgIpc) is 3.07. The van der Waals surface area contributed by atoms with Gasteiger partial charge in [-0.25, -0.2) is 0 Å². The van der Waals surface area contributed by atoms with Crippen LogP contribution in [0.5, 0.6) is 0 Å². The molecular formula is C12H17NO3. The van der Waals surface area contributed by atoms with Crippen molar-refractivity contribution in [2.24, 2.45) is 11.8 Å². The normalized spacial score (nSPS) is 34.5. The predicted molar refractivity (Wildman–Crippen MR) is 56.7 cm³/mol. The van der Waals surface area contributed by atoms with Gasteiger partial charge in [0, 0.05) is 18.5 Å². The van der Waals surface area contributed by atoms with Crippen molar-refractivity contribution < 1.29 is 14.7 Å². The highest BCUT2D eigenvalue weighted by Gasteiger charge is 2.52. The van der Waals surface area contributed by atoms with Crippen molar-refractivity contribution in [1.29, 1.82) is 0 Å². The number of rotatable bonds is 4. The smallest absolute Gasteiger partial charge is 0.303 e. The first kappa shape index (κ1) is 10.1. The number of carbonyl (C=O) groups excluding carboxylic acids is 1. The van der Waals surface area contributed by atoms with Crippen LogP contribution in [0.15, 0.2) is 0 Å². The van der Waals surface area contributed by atoms with E-state index in [1.807, 2.05) is 4.90 Å². The number of carbonyl (C=O) groups is 2. The average molecular weight is 223 g/mol. The highest BCUT2D eigenvalue weighted by atomic mass is 16.4. The van der Waals surface area contributed by atoms with Crippen LogP contribution < -0.4 is 0 Å². The monoisotopic (exact) mass is 223 g/mol. The van der Waals surface area contributed by atoms with Gasteiger partial charge in [0.1, 0.15) is 0 Å². The number of likely N-dealkylation sites (tertiary alicyclic amines) is 1. The van der Waals surface area contributed by atoms with E-state index in [0.717, 1.165) is 12.8 Å². The van der Waals surface area contributed by atoms with Crippen molar-refractivity contribution >= 4 is 11.9 Å². The molecule has 1 saturated heterocycles. The fraction of sp³-hybridized carbons (Fsp3) is 0.833. The molecule has 0 aromatic heterocycles. The minimum atomic E-state index is -0.763. The van der Waals surface area contributed by atoms with Crippen LogP contribution in [0.25, 0.3) is 0 Å². The topological polar surface area (TPSA) is 57.6 Å². The molecule has 2 saturated carbocycles. The number of aliphatic carboxylic acids is 1. The lowest BCUT2D eigenvalue weighted by molar-refractivity contribution is -0.138. The first-order valence-electron chi connectivity index (χ1n) is 6.20. The molecule has 0 spiro atoms. The Morgan fingerprint density at radius 3 is 2.50 bits per heavy atom. The summed E-state index contributed by atoms with van der Waals surface area (Å²) in [5.74, 6) is 0.0984. The molecule has 1 amide bonds. The van der Waals surface area contributed by atoms with Gasteiger partial charge in [-0.2, -0.15) is 0 Å². The van der Waals surface area contributed by atoms with Crippen molar-refractivity contribution in [3.63, 3.8) is 0 Å². The van der Waals surface area contributed by atoms with Gasteiger partial charge < -0.3 is 10.0 Å². The lowest BCUT2D eigenvalue weighted by atomic mass is 9.93. The van der Waals surface area contributed by atoms with Crippen molar-refractivity contribution in [2.75, 3.05) is 0 Å². The van der Waals surface area contributed by atoms with Crippen molar-refractivity contribution in [2.45, 2.75) is 50.6 Å². The lowest BCUT2D eigenvalue weighted by Gasteiger charge is -2.27. The molecule has 4 nitrogen and oxygen atoms in total. The Morgan fingerprint density at radius 2 is 2.00 bits per heavy atom. The number of nitrogens with zero attached hydrogens (tertiary/aromatic N) is 1. The quantitative estimate of drug-likeness (QED) is 0.780. The number of carboxylic acids is 1. The van der Waals surface area contributed by atoms with Crippen LogP contribution in [0, 0.1) is 11.8 Å². The van der Waals surface area contributed by atoms with Crippen LogP contribution >= 0.6 is 0 Å². The van der Waals surface area contributed by atoms with Crippen LogP contribution in [0.2, 0.25) is 0 Å². The Kier molecular flexibility index (Phi) is 2.19. The zero-order chi connectivity index (χ0) is 11.3. The van der Waals surface area contributed by atoms with Gasteiger partial charge in [0.2, 0.25) is 5.91 Å². The number of carboxylic acid groups (broad SMARTS) is 1. The fourth-order valence-electron chi connectivity index (χ4n) is 3.11. The molecule has 0 radical (unpaired) electrons. The molecule has 0 bridgehead atoms. The molecule has 1 heterocycles. The summed E-state index contributed by atoms with van der Waals surface area (Å²) in [4.78, 5) is 24.8. The van der Waals surface area contributed by atoms with E-state index in [4.69, 9.17) is 5.11 Å². The van der Waals surface area contributed by atoms with Gasteiger partial charge in [-0.1, -0.05) is 0 Å². The second kappa shape index (κ2) is 3.47. The Morgan fingerprint density at radius 1 is 1.31 bits per heavy atom. The van der Waals surface area contributed by atoms with E-state index in [2.05, 4.69) is 0 Å². The van der Waals surface area contributed by atoms with Gasteiger partial charge in [-0.05, 0) is 37.5 Å². The molecule has 1 N–H and O–H groups in total. The van der Waals surface area contributed by atoms with Crippen LogP contribution in [0.4, 0.5) is 0 Å². The molecule has 0 aromatic rings. The first-order chi connectivity index (χ1) is 7.66. The maximum atomic E-state index is 11.9. The fourth-order valence-corrected chi connectivity index (χ4v) is 3.11. The molecule has 3 aliphatic rings. The molecule has 1 aliphatic heterocycles. The lowest BCUT2D eigenvalue weighted by Crippen LogP contribution is -2.39. The van der Waals surface area contributed by atoms with E-state index in [1.165, 1.54) is 12.8 Å². The van der Waals surface area contributed by atoms with Gasteiger partial charge in [0.05, 0.1) is 6.42 Å². The maximum absolute atomic E-state index is 11.9. The van der Waals surface area contributed by atoms with Crippen molar-refractivity contribution in [3.05, 3.63) is 0 Å². The summed E-state index contributed by atoms with van der Waals surface area (Å²) in [6.07, 6.45) is 5.22. The molecule has 88 valence electrons. The Hall–Kier alpha value is -1.06. The molecule has 0 unspecified atom stereocenters. The van der Waals surface area contributed by atoms with Gasteiger partial charge in [0.25, 0.3) is 0 Å². The minimum absolute atomic E-state index is 0.0677. The van der Waals surface area contributed by atoms with E-state index < -0.39 is 5.97 Å². The second-order valence-corrected chi connectivity index (χ2v) is 5.42. The zero-order valence-corrected chi connectivity index (χ0v) is 9.26. The van der Waals surface area contributed by atoms with Crippen LogP contribution in [0.1, 0.15) is 38.5 Å². The van der Waals surface area contributed by atoms with E-state index >= 15 is 0 Å². The van der Waals surface area contributed by atoms with Crippen molar-refractivity contribution in [3.8, 4) is 0 Å².